The van der Waals surface area contributed by atoms with Crippen LogP contribution < -0.4 is 16.2 Å². The van der Waals surface area contributed by atoms with Crippen molar-refractivity contribution in [2.45, 2.75) is 19.3 Å². The van der Waals surface area contributed by atoms with E-state index in [4.69, 9.17) is 10.5 Å². The number of H-pyrrole nitrogens is 1. The van der Waals surface area contributed by atoms with Gasteiger partial charge in [-0.3, -0.25) is 14.6 Å². The number of nitrogen functional groups attached to an aromatic ring is 1. The van der Waals surface area contributed by atoms with E-state index in [9.17, 15) is 9.59 Å². The zero-order valence-corrected chi connectivity index (χ0v) is 13.4. The van der Waals surface area contributed by atoms with Crippen LogP contribution in [-0.2, 0) is 9.53 Å². The largest absolute Gasteiger partial charge is 0.383 e. The fraction of sp³-hybridized carbons (Fsp3) is 0.667. The molecule has 126 valence electrons. The highest BCUT2D eigenvalue weighted by molar-refractivity contribution is 5.85. The Morgan fingerprint density at radius 2 is 2.22 bits per heavy atom. The highest BCUT2D eigenvalue weighted by Crippen LogP contribution is 2.41. The fourth-order valence-corrected chi connectivity index (χ4v) is 3.64. The maximum atomic E-state index is 12.9. The maximum Gasteiger partial charge on any atom is 0.254 e. The van der Waals surface area contributed by atoms with Crippen LogP contribution in [-0.4, -0.2) is 60.7 Å². The summed E-state index contributed by atoms with van der Waals surface area (Å²) in [5.74, 6) is 0.844. The molecule has 2 saturated heterocycles. The molecule has 8 heteroatoms. The van der Waals surface area contributed by atoms with E-state index in [0.717, 1.165) is 25.8 Å². The average molecular weight is 321 g/mol. The number of hydrogen-bond donors (Lipinski definition) is 2. The number of rotatable bonds is 4. The van der Waals surface area contributed by atoms with Crippen LogP contribution in [0.15, 0.2) is 10.9 Å². The van der Waals surface area contributed by atoms with E-state index < -0.39 is 0 Å². The van der Waals surface area contributed by atoms with Crippen LogP contribution in [0.1, 0.15) is 19.3 Å². The lowest BCUT2D eigenvalue weighted by Crippen LogP contribution is -2.51. The Balaban J connectivity index is 1.77. The average Bonchev–Trinajstić information content (AvgIpc) is 2.93. The molecule has 1 aromatic heterocycles. The molecule has 0 bridgehead atoms. The summed E-state index contributed by atoms with van der Waals surface area (Å²) in [6.45, 7) is 3.27. The van der Waals surface area contributed by atoms with Gasteiger partial charge in [-0.15, -0.1) is 0 Å². The summed E-state index contributed by atoms with van der Waals surface area (Å²) < 4.78 is 5.09. The van der Waals surface area contributed by atoms with Crippen molar-refractivity contribution >= 4 is 17.7 Å². The number of methoxy groups -OCH3 is 1. The molecule has 8 nitrogen and oxygen atoms in total. The van der Waals surface area contributed by atoms with Crippen LogP contribution in [0.3, 0.4) is 0 Å². The molecule has 23 heavy (non-hydrogen) atoms. The molecule has 1 aromatic rings. The van der Waals surface area contributed by atoms with Gasteiger partial charge in [-0.05, 0) is 19.3 Å². The molecule has 1 spiro atoms. The zero-order chi connectivity index (χ0) is 16.4. The fourth-order valence-electron chi connectivity index (χ4n) is 3.64. The van der Waals surface area contributed by atoms with Crippen LogP contribution >= 0.6 is 0 Å². The highest BCUT2D eigenvalue weighted by Gasteiger charge is 2.48. The predicted octanol–water partition coefficient (Wildman–Crippen LogP) is -0.183. The van der Waals surface area contributed by atoms with Crippen LogP contribution in [0, 0.1) is 5.41 Å². The van der Waals surface area contributed by atoms with E-state index in [1.165, 1.54) is 6.07 Å². The Kier molecular flexibility index (Phi) is 4.25. The van der Waals surface area contributed by atoms with Crippen molar-refractivity contribution in [2.75, 3.05) is 50.5 Å². The summed E-state index contributed by atoms with van der Waals surface area (Å²) in [5, 5.41) is 0. The van der Waals surface area contributed by atoms with E-state index in [-0.39, 0.29) is 22.8 Å². The number of anilines is 2. The number of carbonyl (C=O) groups excluding carboxylic acids is 1. The van der Waals surface area contributed by atoms with Gasteiger partial charge in [-0.25, -0.2) is 0 Å². The van der Waals surface area contributed by atoms with Crippen LogP contribution in [0.25, 0.3) is 0 Å². The van der Waals surface area contributed by atoms with Gasteiger partial charge in [0, 0.05) is 39.4 Å². The van der Waals surface area contributed by atoms with Crippen LogP contribution in [0.2, 0.25) is 0 Å². The highest BCUT2D eigenvalue weighted by atomic mass is 16.5. The quantitative estimate of drug-likeness (QED) is 0.797. The van der Waals surface area contributed by atoms with E-state index in [0.29, 0.717) is 32.1 Å². The summed E-state index contributed by atoms with van der Waals surface area (Å²) >= 11 is 0. The van der Waals surface area contributed by atoms with Gasteiger partial charge >= 0.3 is 0 Å². The molecule has 1 atom stereocenters. The summed E-state index contributed by atoms with van der Waals surface area (Å²) in [6.07, 6.45) is 2.66. The minimum absolute atomic E-state index is 0.102. The van der Waals surface area contributed by atoms with Crippen molar-refractivity contribution < 1.29 is 9.53 Å². The number of amides is 1. The van der Waals surface area contributed by atoms with Gasteiger partial charge in [0.05, 0.1) is 12.0 Å². The Bertz CT molecular complexity index is 646. The minimum atomic E-state index is -0.370. The van der Waals surface area contributed by atoms with E-state index in [1.807, 2.05) is 9.80 Å². The second-order valence-electron chi connectivity index (χ2n) is 6.33. The van der Waals surface area contributed by atoms with Crippen molar-refractivity contribution in [2.24, 2.45) is 5.41 Å². The SMILES string of the molecule is COCCN1CCC[C@@]2(CCN(c3cc(=O)[nH]c(N)n3)C2)C1=O. The molecule has 3 rings (SSSR count). The van der Waals surface area contributed by atoms with Gasteiger partial charge in [-0.1, -0.05) is 0 Å². The molecule has 1 amide bonds. The van der Waals surface area contributed by atoms with E-state index >= 15 is 0 Å². The molecule has 2 aliphatic heterocycles. The smallest absolute Gasteiger partial charge is 0.254 e. The summed E-state index contributed by atoms with van der Waals surface area (Å²) in [4.78, 5) is 35.0. The first kappa shape index (κ1) is 15.8. The molecular formula is C15H23N5O3. The summed E-state index contributed by atoms with van der Waals surface area (Å²) in [7, 11) is 1.64. The molecule has 0 saturated carbocycles. The number of nitrogens with two attached hydrogens (primary N) is 1. The molecule has 3 N–H and O–H groups in total. The maximum absolute atomic E-state index is 12.9. The molecule has 2 aliphatic rings. The lowest BCUT2D eigenvalue weighted by molar-refractivity contribution is -0.145. The molecule has 0 unspecified atom stereocenters. The first-order valence-electron chi connectivity index (χ1n) is 7.94. The third kappa shape index (κ3) is 3.03. The molecule has 0 aliphatic carbocycles. The van der Waals surface area contributed by atoms with E-state index in [1.54, 1.807) is 7.11 Å². The number of hydrogen-bond acceptors (Lipinski definition) is 6. The van der Waals surface area contributed by atoms with E-state index in [2.05, 4.69) is 9.97 Å². The van der Waals surface area contributed by atoms with Gasteiger partial charge < -0.3 is 20.3 Å². The Morgan fingerprint density at radius 3 is 2.96 bits per heavy atom. The standard InChI is InChI=1S/C15H23N5O3/c1-23-8-7-19-5-2-3-15(13(19)22)4-6-20(10-15)11-9-12(21)18-14(16)17-11/h9H,2-8,10H2,1H3,(H3,16,17,18,21)/t15-/m0/s1. The Hall–Kier alpha value is -2.09. The number of aromatic nitrogens is 2. The number of aromatic amines is 1. The molecule has 3 heterocycles. The monoisotopic (exact) mass is 321 g/mol. The van der Waals surface area contributed by atoms with Gasteiger partial charge in [0.2, 0.25) is 11.9 Å². The lowest BCUT2D eigenvalue weighted by Gasteiger charge is -2.39. The minimum Gasteiger partial charge on any atom is -0.383 e. The van der Waals surface area contributed by atoms with Crippen molar-refractivity contribution in [1.82, 2.24) is 14.9 Å². The number of piperidine rings is 1. The number of ether oxygens (including phenoxy) is 1. The van der Waals surface area contributed by atoms with Gasteiger partial charge in [0.1, 0.15) is 5.82 Å². The number of likely N-dealkylation sites (tertiary alicyclic amines) is 1. The third-order valence-corrected chi connectivity index (χ3v) is 4.81. The Labute approximate surface area is 134 Å². The van der Waals surface area contributed by atoms with Crippen molar-refractivity contribution in [1.29, 1.82) is 0 Å². The topological polar surface area (TPSA) is 105 Å². The van der Waals surface area contributed by atoms with Crippen molar-refractivity contribution in [3.63, 3.8) is 0 Å². The molecule has 0 aromatic carbocycles. The number of nitrogens with zero attached hydrogens (tertiary/aromatic N) is 3. The Morgan fingerprint density at radius 1 is 1.39 bits per heavy atom. The normalized spacial score (nSPS) is 24.7. The third-order valence-electron chi connectivity index (χ3n) is 4.81. The van der Waals surface area contributed by atoms with Gasteiger partial charge in [0.25, 0.3) is 5.56 Å². The molecular weight excluding hydrogens is 298 g/mol. The first-order valence-corrected chi connectivity index (χ1v) is 7.94. The second-order valence-corrected chi connectivity index (χ2v) is 6.33. The van der Waals surface area contributed by atoms with Crippen LogP contribution in [0.4, 0.5) is 11.8 Å². The van der Waals surface area contributed by atoms with Crippen LogP contribution in [0.5, 0.6) is 0 Å². The summed E-state index contributed by atoms with van der Waals surface area (Å²) in [6, 6.07) is 1.44. The van der Waals surface area contributed by atoms with Crippen molar-refractivity contribution in [3.8, 4) is 0 Å². The lowest BCUT2D eigenvalue weighted by atomic mass is 9.78. The number of nitrogens with one attached hydrogen (secondary N) is 1. The van der Waals surface area contributed by atoms with Crippen molar-refractivity contribution in [3.05, 3.63) is 16.4 Å². The predicted molar refractivity (Wildman–Crippen MR) is 86.2 cm³/mol. The summed E-state index contributed by atoms with van der Waals surface area (Å²) in [5.41, 5.74) is 4.98. The zero-order valence-electron chi connectivity index (χ0n) is 13.4. The second kappa shape index (κ2) is 6.19. The first-order chi connectivity index (χ1) is 11.0. The molecule has 0 radical (unpaired) electrons. The molecule has 2 fully saturated rings. The van der Waals surface area contributed by atoms with Gasteiger partial charge in [-0.2, -0.15) is 4.98 Å². The van der Waals surface area contributed by atoms with Gasteiger partial charge in [0.15, 0.2) is 0 Å². The number of carbonyl (C=O) groups is 1.